The molecule has 0 saturated heterocycles. The Morgan fingerprint density at radius 3 is 2.53 bits per heavy atom. The van der Waals surface area contributed by atoms with Gasteiger partial charge in [-0.15, -0.1) is 0 Å². The molecule has 0 saturated carbocycles. The van der Waals surface area contributed by atoms with Crippen LogP contribution < -0.4 is 10.1 Å². The molecule has 96 valence electrons. The van der Waals surface area contributed by atoms with Crippen LogP contribution in [-0.2, 0) is 5.54 Å². The van der Waals surface area contributed by atoms with Gasteiger partial charge in [0.05, 0.1) is 18.3 Å². The van der Waals surface area contributed by atoms with Gasteiger partial charge < -0.3 is 10.1 Å². The topological polar surface area (TPSA) is 21.3 Å². The highest BCUT2D eigenvalue weighted by Gasteiger charge is 2.28. The van der Waals surface area contributed by atoms with Crippen molar-refractivity contribution in [1.82, 2.24) is 0 Å². The van der Waals surface area contributed by atoms with Crippen LogP contribution in [0.3, 0.4) is 0 Å². The molecule has 2 heteroatoms. The Morgan fingerprint density at radius 1 is 1.00 bits per heavy atom. The van der Waals surface area contributed by atoms with Gasteiger partial charge in [0.15, 0.2) is 0 Å². The number of benzene rings is 2. The fourth-order valence-corrected chi connectivity index (χ4v) is 2.50. The van der Waals surface area contributed by atoms with Crippen LogP contribution in [-0.4, -0.2) is 7.11 Å². The van der Waals surface area contributed by atoms with Gasteiger partial charge in [0, 0.05) is 5.56 Å². The fourth-order valence-electron chi connectivity index (χ4n) is 2.50. The summed E-state index contributed by atoms with van der Waals surface area (Å²) in [7, 11) is 1.70. The summed E-state index contributed by atoms with van der Waals surface area (Å²) in [6, 6.07) is 16.5. The minimum absolute atomic E-state index is 0.205. The lowest BCUT2D eigenvalue weighted by atomic mass is 9.87. The third kappa shape index (κ3) is 1.99. The third-order valence-electron chi connectivity index (χ3n) is 3.63. The first kappa shape index (κ1) is 11.8. The average molecular weight is 251 g/mol. The zero-order chi connectivity index (χ0) is 13.3. The lowest BCUT2D eigenvalue weighted by Crippen LogP contribution is -2.31. The number of hydrogen-bond donors (Lipinski definition) is 1. The molecule has 0 spiro atoms. The lowest BCUT2D eigenvalue weighted by molar-refractivity contribution is 0.415. The van der Waals surface area contributed by atoms with Gasteiger partial charge in [-0.2, -0.15) is 0 Å². The Morgan fingerprint density at radius 2 is 1.79 bits per heavy atom. The first-order valence-corrected chi connectivity index (χ1v) is 6.43. The molecular formula is C17H17NO. The second kappa shape index (κ2) is 4.47. The summed E-state index contributed by atoms with van der Waals surface area (Å²) in [6.07, 6.45) is 4.35. The van der Waals surface area contributed by atoms with E-state index in [4.69, 9.17) is 4.74 Å². The first-order valence-electron chi connectivity index (χ1n) is 6.43. The molecule has 0 aromatic heterocycles. The van der Waals surface area contributed by atoms with Crippen LogP contribution in [0.2, 0.25) is 0 Å². The van der Waals surface area contributed by atoms with Gasteiger partial charge in [0.1, 0.15) is 5.75 Å². The van der Waals surface area contributed by atoms with Gasteiger partial charge in [0.2, 0.25) is 0 Å². The highest BCUT2D eigenvalue weighted by Crippen LogP contribution is 2.39. The Labute approximate surface area is 113 Å². The number of nitrogens with one attached hydrogen (secondary N) is 1. The average Bonchev–Trinajstić information content (AvgIpc) is 2.47. The molecule has 1 atom stereocenters. The van der Waals surface area contributed by atoms with Crippen LogP contribution in [0, 0.1) is 0 Å². The lowest BCUT2D eigenvalue weighted by Gasteiger charge is -2.34. The Balaban J connectivity index is 2.07. The Kier molecular flexibility index (Phi) is 2.79. The van der Waals surface area contributed by atoms with E-state index in [9.17, 15) is 0 Å². The number of para-hydroxylation sites is 1. The van der Waals surface area contributed by atoms with Crippen LogP contribution >= 0.6 is 0 Å². The molecule has 0 amide bonds. The second-order valence-electron chi connectivity index (χ2n) is 4.95. The highest BCUT2D eigenvalue weighted by molar-refractivity contribution is 5.78. The number of methoxy groups -OCH3 is 1. The van der Waals surface area contributed by atoms with Gasteiger partial charge in [-0.3, -0.25) is 0 Å². The Hall–Kier alpha value is -2.22. The molecule has 1 N–H and O–H groups in total. The van der Waals surface area contributed by atoms with Gasteiger partial charge in [-0.25, -0.2) is 0 Å². The summed E-state index contributed by atoms with van der Waals surface area (Å²) in [5.41, 5.74) is 3.25. The van der Waals surface area contributed by atoms with Crippen molar-refractivity contribution in [2.24, 2.45) is 0 Å². The van der Waals surface area contributed by atoms with E-state index in [1.54, 1.807) is 7.11 Å². The van der Waals surface area contributed by atoms with E-state index in [1.807, 2.05) is 18.2 Å². The minimum Gasteiger partial charge on any atom is -0.495 e. The standard InChI is InChI=1S/C17H17NO/c1-17(14-8-4-3-5-9-14)12-11-13-7-6-10-15(19-2)16(13)18-17/h3-12,18H,1-2H3. The van der Waals surface area contributed by atoms with Crippen LogP contribution in [0.1, 0.15) is 18.1 Å². The van der Waals surface area contributed by atoms with E-state index >= 15 is 0 Å². The zero-order valence-corrected chi connectivity index (χ0v) is 11.2. The second-order valence-corrected chi connectivity index (χ2v) is 4.95. The predicted molar refractivity (Wildman–Crippen MR) is 79.4 cm³/mol. The van der Waals surface area contributed by atoms with E-state index in [-0.39, 0.29) is 5.54 Å². The zero-order valence-electron chi connectivity index (χ0n) is 11.2. The van der Waals surface area contributed by atoms with Crippen molar-refractivity contribution < 1.29 is 4.74 Å². The molecular weight excluding hydrogens is 234 g/mol. The normalized spacial score (nSPS) is 20.5. The van der Waals surface area contributed by atoms with Crippen LogP contribution in [0.4, 0.5) is 5.69 Å². The van der Waals surface area contributed by atoms with Crippen molar-refractivity contribution in [3.63, 3.8) is 0 Å². The molecule has 0 fully saturated rings. The summed E-state index contributed by atoms with van der Waals surface area (Å²) in [4.78, 5) is 0. The summed E-state index contributed by atoms with van der Waals surface area (Å²) in [6.45, 7) is 2.17. The molecule has 2 aromatic carbocycles. The Bertz CT molecular complexity index is 618. The molecule has 1 heterocycles. The maximum absolute atomic E-state index is 5.45. The van der Waals surface area contributed by atoms with Gasteiger partial charge in [-0.1, -0.05) is 54.6 Å². The van der Waals surface area contributed by atoms with Gasteiger partial charge >= 0.3 is 0 Å². The summed E-state index contributed by atoms with van der Waals surface area (Å²) >= 11 is 0. The number of ether oxygens (including phenoxy) is 1. The van der Waals surface area contributed by atoms with Crippen molar-refractivity contribution in [3.05, 3.63) is 65.7 Å². The highest BCUT2D eigenvalue weighted by atomic mass is 16.5. The molecule has 0 aliphatic carbocycles. The first-order chi connectivity index (χ1) is 9.23. The molecule has 3 rings (SSSR count). The predicted octanol–water partition coefficient (Wildman–Crippen LogP) is 4.05. The van der Waals surface area contributed by atoms with Crippen molar-refractivity contribution in [3.8, 4) is 5.75 Å². The number of anilines is 1. The smallest absolute Gasteiger partial charge is 0.142 e. The maximum atomic E-state index is 5.45. The third-order valence-corrected chi connectivity index (χ3v) is 3.63. The minimum atomic E-state index is -0.205. The molecule has 1 aliphatic rings. The maximum Gasteiger partial charge on any atom is 0.142 e. The quantitative estimate of drug-likeness (QED) is 0.869. The largest absolute Gasteiger partial charge is 0.495 e. The number of hydrogen-bond acceptors (Lipinski definition) is 2. The van der Waals surface area contributed by atoms with E-state index in [2.05, 4.69) is 54.7 Å². The van der Waals surface area contributed by atoms with Gasteiger partial charge in [0.25, 0.3) is 0 Å². The fraction of sp³-hybridized carbons (Fsp3) is 0.176. The molecule has 19 heavy (non-hydrogen) atoms. The summed E-state index contributed by atoms with van der Waals surface area (Å²) in [5.74, 6) is 0.879. The molecule has 1 aliphatic heterocycles. The van der Waals surface area contributed by atoms with E-state index < -0.39 is 0 Å². The van der Waals surface area contributed by atoms with Crippen molar-refractivity contribution >= 4 is 11.8 Å². The summed E-state index contributed by atoms with van der Waals surface area (Å²) in [5, 5.41) is 3.60. The van der Waals surface area contributed by atoms with Crippen molar-refractivity contribution in [2.45, 2.75) is 12.5 Å². The van der Waals surface area contributed by atoms with Crippen LogP contribution in [0.15, 0.2) is 54.6 Å². The van der Waals surface area contributed by atoms with Crippen molar-refractivity contribution in [1.29, 1.82) is 0 Å². The van der Waals surface area contributed by atoms with Crippen molar-refractivity contribution in [2.75, 3.05) is 12.4 Å². The monoisotopic (exact) mass is 251 g/mol. The molecule has 2 nitrogen and oxygen atoms in total. The molecule has 0 radical (unpaired) electrons. The number of rotatable bonds is 2. The summed E-state index contributed by atoms with van der Waals surface area (Å²) < 4.78 is 5.45. The van der Waals surface area contributed by atoms with Crippen LogP contribution in [0.25, 0.3) is 6.08 Å². The van der Waals surface area contributed by atoms with Crippen LogP contribution in [0.5, 0.6) is 5.75 Å². The van der Waals surface area contributed by atoms with E-state index in [0.29, 0.717) is 0 Å². The molecule has 0 bridgehead atoms. The molecule has 2 aromatic rings. The van der Waals surface area contributed by atoms with Gasteiger partial charge in [-0.05, 0) is 18.6 Å². The van der Waals surface area contributed by atoms with E-state index in [0.717, 1.165) is 17.0 Å². The number of fused-ring (bicyclic) bond motifs is 1. The molecule has 1 unspecified atom stereocenters. The van der Waals surface area contributed by atoms with E-state index in [1.165, 1.54) is 5.56 Å². The SMILES string of the molecule is COc1cccc2c1NC(C)(c1ccccc1)C=C2.